The molecule has 0 aliphatic carbocycles. The van der Waals surface area contributed by atoms with Crippen LogP contribution in [0.1, 0.15) is 32.3 Å². The zero-order chi connectivity index (χ0) is 12.0. The van der Waals surface area contributed by atoms with Crippen LogP contribution in [-0.2, 0) is 6.42 Å². The van der Waals surface area contributed by atoms with Gasteiger partial charge in [0.1, 0.15) is 11.6 Å². The molecule has 0 fully saturated rings. The molecule has 0 spiro atoms. The predicted octanol–water partition coefficient (Wildman–Crippen LogP) is 2.89. The molecular weight excluding hydrogens is 205 g/mol. The zero-order valence-electron chi connectivity index (χ0n) is 10.0. The SMILES string of the molecule is CCCOc1ccc(CC(N)CC)c(F)c1. The number of rotatable bonds is 6. The molecule has 90 valence electrons. The van der Waals surface area contributed by atoms with Crippen molar-refractivity contribution in [3.63, 3.8) is 0 Å². The standard InChI is InChI=1S/C13H20FNO/c1-3-7-16-12-6-5-10(13(14)9-12)8-11(15)4-2/h5-6,9,11H,3-4,7-8,15H2,1-2H3. The van der Waals surface area contributed by atoms with Crippen LogP contribution < -0.4 is 10.5 Å². The van der Waals surface area contributed by atoms with Crippen molar-refractivity contribution in [3.8, 4) is 5.75 Å². The number of ether oxygens (including phenoxy) is 1. The number of nitrogens with two attached hydrogens (primary N) is 1. The summed E-state index contributed by atoms with van der Waals surface area (Å²) in [5, 5.41) is 0. The molecule has 1 aromatic rings. The molecule has 1 rings (SSSR count). The van der Waals surface area contributed by atoms with E-state index in [0.717, 1.165) is 12.8 Å². The quantitative estimate of drug-likeness (QED) is 0.808. The minimum atomic E-state index is -0.225. The lowest BCUT2D eigenvalue weighted by Crippen LogP contribution is -2.21. The Morgan fingerprint density at radius 2 is 2.12 bits per heavy atom. The summed E-state index contributed by atoms with van der Waals surface area (Å²) in [4.78, 5) is 0. The Balaban J connectivity index is 2.67. The summed E-state index contributed by atoms with van der Waals surface area (Å²) >= 11 is 0. The number of hydrogen-bond donors (Lipinski definition) is 1. The topological polar surface area (TPSA) is 35.2 Å². The molecule has 0 heterocycles. The first-order chi connectivity index (χ1) is 7.67. The van der Waals surface area contributed by atoms with Crippen molar-refractivity contribution in [2.24, 2.45) is 5.73 Å². The van der Waals surface area contributed by atoms with Gasteiger partial charge in [0.15, 0.2) is 0 Å². The Labute approximate surface area is 96.6 Å². The Morgan fingerprint density at radius 1 is 1.38 bits per heavy atom. The highest BCUT2D eigenvalue weighted by Crippen LogP contribution is 2.18. The maximum Gasteiger partial charge on any atom is 0.130 e. The van der Waals surface area contributed by atoms with Gasteiger partial charge in [0.25, 0.3) is 0 Å². The van der Waals surface area contributed by atoms with E-state index in [-0.39, 0.29) is 11.9 Å². The second-order valence-electron chi connectivity index (χ2n) is 3.97. The number of hydrogen-bond acceptors (Lipinski definition) is 2. The minimum absolute atomic E-state index is 0.0249. The van der Waals surface area contributed by atoms with E-state index in [0.29, 0.717) is 24.3 Å². The largest absolute Gasteiger partial charge is 0.494 e. The summed E-state index contributed by atoms with van der Waals surface area (Å²) in [6.45, 7) is 4.64. The van der Waals surface area contributed by atoms with E-state index in [2.05, 4.69) is 0 Å². The maximum atomic E-state index is 13.6. The van der Waals surface area contributed by atoms with Gasteiger partial charge >= 0.3 is 0 Å². The summed E-state index contributed by atoms with van der Waals surface area (Å²) < 4.78 is 19.0. The first-order valence-electron chi connectivity index (χ1n) is 5.84. The van der Waals surface area contributed by atoms with Crippen molar-refractivity contribution >= 4 is 0 Å². The number of benzene rings is 1. The van der Waals surface area contributed by atoms with Crippen LogP contribution in [0.25, 0.3) is 0 Å². The molecule has 2 N–H and O–H groups in total. The molecule has 0 amide bonds. The average molecular weight is 225 g/mol. The van der Waals surface area contributed by atoms with Crippen LogP contribution in [0.15, 0.2) is 18.2 Å². The van der Waals surface area contributed by atoms with Gasteiger partial charge in [-0.3, -0.25) is 0 Å². The van der Waals surface area contributed by atoms with E-state index in [4.69, 9.17) is 10.5 Å². The van der Waals surface area contributed by atoms with Crippen molar-refractivity contribution in [2.45, 2.75) is 39.2 Å². The van der Waals surface area contributed by atoms with Crippen LogP contribution in [0.2, 0.25) is 0 Å². The summed E-state index contributed by atoms with van der Waals surface area (Å²) in [6.07, 6.45) is 2.36. The number of halogens is 1. The smallest absolute Gasteiger partial charge is 0.130 e. The van der Waals surface area contributed by atoms with E-state index in [1.165, 1.54) is 6.07 Å². The van der Waals surface area contributed by atoms with Crippen LogP contribution >= 0.6 is 0 Å². The second-order valence-corrected chi connectivity index (χ2v) is 3.97. The first-order valence-corrected chi connectivity index (χ1v) is 5.84. The van der Waals surface area contributed by atoms with Crippen molar-refractivity contribution in [1.82, 2.24) is 0 Å². The first kappa shape index (κ1) is 13.0. The van der Waals surface area contributed by atoms with E-state index in [9.17, 15) is 4.39 Å². The molecule has 0 saturated carbocycles. The summed E-state index contributed by atoms with van der Waals surface area (Å²) in [5.74, 6) is 0.366. The molecule has 16 heavy (non-hydrogen) atoms. The highest BCUT2D eigenvalue weighted by atomic mass is 19.1. The molecule has 0 aromatic heterocycles. The molecule has 0 aliphatic heterocycles. The fraction of sp³-hybridized carbons (Fsp3) is 0.538. The summed E-state index contributed by atoms with van der Waals surface area (Å²) in [7, 11) is 0. The monoisotopic (exact) mass is 225 g/mol. The van der Waals surface area contributed by atoms with E-state index < -0.39 is 0 Å². The molecule has 0 saturated heterocycles. The average Bonchev–Trinajstić information content (AvgIpc) is 2.29. The lowest BCUT2D eigenvalue weighted by atomic mass is 10.0. The molecule has 0 bridgehead atoms. The van der Waals surface area contributed by atoms with Crippen molar-refractivity contribution in [1.29, 1.82) is 0 Å². The van der Waals surface area contributed by atoms with Gasteiger partial charge in [-0.2, -0.15) is 0 Å². The van der Waals surface area contributed by atoms with Gasteiger partial charge < -0.3 is 10.5 Å². The van der Waals surface area contributed by atoms with Gasteiger partial charge in [-0.05, 0) is 30.9 Å². The van der Waals surface area contributed by atoms with Gasteiger partial charge in [0, 0.05) is 12.1 Å². The van der Waals surface area contributed by atoms with Crippen LogP contribution in [0.3, 0.4) is 0 Å². The molecule has 1 unspecified atom stereocenters. The Morgan fingerprint density at radius 3 is 2.69 bits per heavy atom. The van der Waals surface area contributed by atoms with Gasteiger partial charge in [0.2, 0.25) is 0 Å². The molecule has 0 radical (unpaired) electrons. The normalized spacial score (nSPS) is 12.5. The third kappa shape index (κ3) is 3.81. The van der Waals surface area contributed by atoms with E-state index in [1.54, 1.807) is 12.1 Å². The van der Waals surface area contributed by atoms with Gasteiger partial charge in [-0.1, -0.05) is 19.9 Å². The van der Waals surface area contributed by atoms with Crippen LogP contribution in [0.4, 0.5) is 4.39 Å². The van der Waals surface area contributed by atoms with Crippen LogP contribution in [-0.4, -0.2) is 12.6 Å². The van der Waals surface area contributed by atoms with Gasteiger partial charge in [0.05, 0.1) is 6.61 Å². The Bertz CT molecular complexity index is 328. The van der Waals surface area contributed by atoms with E-state index >= 15 is 0 Å². The van der Waals surface area contributed by atoms with E-state index in [1.807, 2.05) is 13.8 Å². The predicted molar refractivity (Wildman–Crippen MR) is 64.2 cm³/mol. The fourth-order valence-electron chi connectivity index (χ4n) is 1.43. The zero-order valence-corrected chi connectivity index (χ0v) is 10.0. The third-order valence-corrected chi connectivity index (χ3v) is 2.50. The Hall–Kier alpha value is -1.09. The van der Waals surface area contributed by atoms with Gasteiger partial charge in [-0.25, -0.2) is 4.39 Å². The second kappa shape index (κ2) is 6.48. The lowest BCUT2D eigenvalue weighted by Gasteiger charge is -2.11. The third-order valence-electron chi connectivity index (χ3n) is 2.50. The Kier molecular flexibility index (Phi) is 5.26. The molecule has 1 aromatic carbocycles. The van der Waals surface area contributed by atoms with Crippen LogP contribution in [0.5, 0.6) is 5.75 Å². The fourth-order valence-corrected chi connectivity index (χ4v) is 1.43. The van der Waals surface area contributed by atoms with Crippen molar-refractivity contribution in [3.05, 3.63) is 29.6 Å². The van der Waals surface area contributed by atoms with Crippen molar-refractivity contribution < 1.29 is 9.13 Å². The molecule has 2 nitrogen and oxygen atoms in total. The minimum Gasteiger partial charge on any atom is -0.494 e. The summed E-state index contributed by atoms with van der Waals surface area (Å²) in [5.41, 5.74) is 6.46. The van der Waals surface area contributed by atoms with Gasteiger partial charge in [-0.15, -0.1) is 0 Å². The van der Waals surface area contributed by atoms with Crippen LogP contribution in [0, 0.1) is 5.82 Å². The summed E-state index contributed by atoms with van der Waals surface area (Å²) in [6, 6.07) is 5.02. The molecular formula is C13H20FNO. The lowest BCUT2D eigenvalue weighted by molar-refractivity contribution is 0.315. The highest BCUT2D eigenvalue weighted by molar-refractivity contribution is 5.29. The maximum absolute atomic E-state index is 13.6. The molecule has 0 aliphatic rings. The molecule has 3 heteroatoms. The van der Waals surface area contributed by atoms with Crippen molar-refractivity contribution in [2.75, 3.05) is 6.61 Å². The molecule has 1 atom stereocenters. The highest BCUT2D eigenvalue weighted by Gasteiger charge is 2.07.